The maximum absolute atomic E-state index is 8.99. The van der Waals surface area contributed by atoms with E-state index in [1.807, 2.05) is 18.0 Å². The first kappa shape index (κ1) is 14.8. The molecule has 0 fully saturated rings. The van der Waals surface area contributed by atoms with Gasteiger partial charge in [-0.05, 0) is 23.6 Å². The van der Waals surface area contributed by atoms with Gasteiger partial charge in [-0.2, -0.15) is 0 Å². The first-order valence-electron chi connectivity index (χ1n) is 6.25. The van der Waals surface area contributed by atoms with Crippen LogP contribution in [0.25, 0.3) is 0 Å². The second-order valence-corrected chi connectivity index (χ2v) is 4.91. The molecule has 0 aliphatic heterocycles. The molecule has 1 atom stereocenters. The fourth-order valence-electron chi connectivity index (χ4n) is 1.88. The van der Waals surface area contributed by atoms with Gasteiger partial charge in [-0.3, -0.25) is 0 Å². The van der Waals surface area contributed by atoms with E-state index < -0.39 is 0 Å². The highest BCUT2D eigenvalue weighted by atomic mass is 16.5. The molecule has 0 heterocycles. The third-order valence-electron chi connectivity index (χ3n) is 3.02. The molecule has 102 valence electrons. The van der Waals surface area contributed by atoms with Gasteiger partial charge in [-0.25, -0.2) is 0 Å². The standard InChI is InChI=1S/C14H24N2O2/c1-10(2)11-5-6-13(14(7-11)18-4)16(3)8-12(15)9-17/h5-7,10,12,17H,8-9,15H2,1-4H3. The highest BCUT2D eigenvalue weighted by Gasteiger charge is 2.12. The number of anilines is 1. The van der Waals surface area contributed by atoms with Gasteiger partial charge in [0.1, 0.15) is 5.75 Å². The number of methoxy groups -OCH3 is 1. The third kappa shape index (κ3) is 3.62. The van der Waals surface area contributed by atoms with E-state index in [0.717, 1.165) is 11.4 Å². The molecule has 0 aliphatic rings. The van der Waals surface area contributed by atoms with E-state index in [1.54, 1.807) is 7.11 Å². The van der Waals surface area contributed by atoms with Gasteiger partial charge in [0.15, 0.2) is 0 Å². The van der Waals surface area contributed by atoms with Crippen molar-refractivity contribution in [1.82, 2.24) is 0 Å². The van der Waals surface area contributed by atoms with Gasteiger partial charge in [0.2, 0.25) is 0 Å². The van der Waals surface area contributed by atoms with Crippen molar-refractivity contribution >= 4 is 5.69 Å². The van der Waals surface area contributed by atoms with E-state index in [1.165, 1.54) is 5.56 Å². The number of hydrogen-bond acceptors (Lipinski definition) is 4. The fraction of sp³-hybridized carbons (Fsp3) is 0.571. The van der Waals surface area contributed by atoms with Crippen LogP contribution in [0.1, 0.15) is 25.3 Å². The monoisotopic (exact) mass is 252 g/mol. The van der Waals surface area contributed by atoms with Gasteiger partial charge in [0, 0.05) is 19.6 Å². The molecule has 1 rings (SSSR count). The minimum absolute atomic E-state index is 0.0171. The zero-order valence-electron chi connectivity index (χ0n) is 11.7. The van der Waals surface area contributed by atoms with Crippen LogP contribution < -0.4 is 15.4 Å². The largest absolute Gasteiger partial charge is 0.495 e. The number of rotatable bonds is 6. The van der Waals surface area contributed by atoms with Crippen molar-refractivity contribution in [3.63, 3.8) is 0 Å². The van der Waals surface area contributed by atoms with Gasteiger partial charge in [0.05, 0.1) is 19.4 Å². The molecule has 0 saturated heterocycles. The van der Waals surface area contributed by atoms with Gasteiger partial charge < -0.3 is 20.5 Å². The molecule has 0 radical (unpaired) electrons. The zero-order chi connectivity index (χ0) is 13.7. The van der Waals surface area contributed by atoms with E-state index >= 15 is 0 Å². The van der Waals surface area contributed by atoms with Gasteiger partial charge >= 0.3 is 0 Å². The molecule has 0 amide bonds. The lowest BCUT2D eigenvalue weighted by Crippen LogP contribution is -2.38. The van der Waals surface area contributed by atoms with Crippen LogP contribution in [0.15, 0.2) is 18.2 Å². The molecule has 3 N–H and O–H groups in total. The second-order valence-electron chi connectivity index (χ2n) is 4.91. The Morgan fingerprint density at radius 2 is 2.06 bits per heavy atom. The van der Waals surface area contributed by atoms with Crippen LogP contribution in [-0.4, -0.2) is 38.5 Å². The van der Waals surface area contributed by atoms with Gasteiger partial charge in [0.25, 0.3) is 0 Å². The number of hydrogen-bond donors (Lipinski definition) is 2. The van der Waals surface area contributed by atoms with Crippen molar-refractivity contribution < 1.29 is 9.84 Å². The first-order chi connectivity index (χ1) is 8.49. The number of ether oxygens (including phenoxy) is 1. The number of aliphatic hydroxyl groups is 1. The predicted octanol–water partition coefficient (Wildman–Crippen LogP) is 1.57. The predicted molar refractivity (Wildman–Crippen MR) is 75.4 cm³/mol. The highest BCUT2D eigenvalue weighted by Crippen LogP contribution is 2.31. The summed E-state index contributed by atoms with van der Waals surface area (Å²) in [6.45, 7) is 4.88. The summed E-state index contributed by atoms with van der Waals surface area (Å²) in [5.74, 6) is 1.31. The van der Waals surface area contributed by atoms with E-state index in [-0.39, 0.29) is 12.6 Å². The summed E-state index contributed by atoms with van der Waals surface area (Å²) in [6.07, 6.45) is 0. The number of nitrogens with two attached hydrogens (primary N) is 1. The van der Waals surface area contributed by atoms with Crippen LogP contribution in [0.5, 0.6) is 5.75 Å². The van der Waals surface area contributed by atoms with Crippen LogP contribution in [-0.2, 0) is 0 Å². The molecule has 1 aromatic carbocycles. The fourth-order valence-corrected chi connectivity index (χ4v) is 1.88. The number of benzene rings is 1. The zero-order valence-corrected chi connectivity index (χ0v) is 11.7. The smallest absolute Gasteiger partial charge is 0.142 e. The minimum Gasteiger partial charge on any atom is -0.495 e. The Kier molecular flexibility index (Phi) is 5.44. The Balaban J connectivity index is 2.94. The van der Waals surface area contributed by atoms with Crippen molar-refractivity contribution in [2.45, 2.75) is 25.8 Å². The lowest BCUT2D eigenvalue weighted by molar-refractivity contribution is 0.267. The first-order valence-corrected chi connectivity index (χ1v) is 6.25. The summed E-state index contributed by atoms with van der Waals surface area (Å²) in [5, 5.41) is 8.99. The van der Waals surface area contributed by atoms with E-state index in [0.29, 0.717) is 12.5 Å². The van der Waals surface area contributed by atoms with Crippen molar-refractivity contribution in [1.29, 1.82) is 0 Å². The van der Waals surface area contributed by atoms with E-state index in [4.69, 9.17) is 15.6 Å². The Morgan fingerprint density at radius 1 is 1.39 bits per heavy atom. The molecule has 4 heteroatoms. The van der Waals surface area contributed by atoms with E-state index in [2.05, 4.69) is 26.0 Å². The van der Waals surface area contributed by atoms with E-state index in [9.17, 15) is 0 Å². The molecule has 0 saturated carbocycles. The molecule has 0 aromatic heterocycles. The Morgan fingerprint density at radius 3 is 2.56 bits per heavy atom. The van der Waals surface area contributed by atoms with Gasteiger partial charge in [-0.1, -0.05) is 19.9 Å². The van der Waals surface area contributed by atoms with Crippen LogP contribution in [0.4, 0.5) is 5.69 Å². The summed E-state index contributed by atoms with van der Waals surface area (Å²) in [5.41, 5.74) is 7.99. The summed E-state index contributed by atoms with van der Waals surface area (Å²) < 4.78 is 5.43. The second kappa shape index (κ2) is 6.61. The van der Waals surface area contributed by atoms with Crippen molar-refractivity contribution in [2.24, 2.45) is 5.73 Å². The topological polar surface area (TPSA) is 58.7 Å². The SMILES string of the molecule is COc1cc(C(C)C)ccc1N(C)CC(N)CO. The summed E-state index contributed by atoms with van der Waals surface area (Å²) in [7, 11) is 3.62. The summed E-state index contributed by atoms with van der Waals surface area (Å²) in [4.78, 5) is 2.00. The molecule has 1 aromatic rings. The van der Waals surface area contributed by atoms with Crippen molar-refractivity contribution in [3.05, 3.63) is 23.8 Å². The Labute approximate surface area is 109 Å². The number of aliphatic hydroxyl groups excluding tert-OH is 1. The number of likely N-dealkylation sites (N-methyl/N-ethyl adjacent to an activating group) is 1. The highest BCUT2D eigenvalue weighted by molar-refractivity contribution is 5.59. The lowest BCUT2D eigenvalue weighted by atomic mass is 10.0. The molecule has 0 aliphatic carbocycles. The lowest BCUT2D eigenvalue weighted by Gasteiger charge is -2.25. The maximum atomic E-state index is 8.99. The average molecular weight is 252 g/mol. The number of nitrogens with zero attached hydrogens (tertiary/aromatic N) is 1. The average Bonchev–Trinajstić information content (AvgIpc) is 2.37. The Bertz CT molecular complexity index is 380. The molecule has 0 spiro atoms. The van der Waals surface area contributed by atoms with Gasteiger partial charge in [-0.15, -0.1) is 0 Å². The Hall–Kier alpha value is -1.26. The van der Waals surface area contributed by atoms with Crippen LogP contribution in [0, 0.1) is 0 Å². The molecular weight excluding hydrogens is 228 g/mol. The van der Waals surface area contributed by atoms with Crippen LogP contribution in [0.3, 0.4) is 0 Å². The van der Waals surface area contributed by atoms with Crippen molar-refractivity contribution in [3.8, 4) is 5.75 Å². The molecule has 0 bridgehead atoms. The normalized spacial score (nSPS) is 12.6. The minimum atomic E-state index is -0.246. The van der Waals surface area contributed by atoms with Crippen molar-refractivity contribution in [2.75, 3.05) is 32.2 Å². The molecule has 1 unspecified atom stereocenters. The van der Waals surface area contributed by atoms with Crippen LogP contribution in [0.2, 0.25) is 0 Å². The molecule has 18 heavy (non-hydrogen) atoms. The van der Waals surface area contributed by atoms with Crippen LogP contribution >= 0.6 is 0 Å². The quantitative estimate of drug-likeness (QED) is 0.807. The summed E-state index contributed by atoms with van der Waals surface area (Å²) >= 11 is 0. The molecule has 4 nitrogen and oxygen atoms in total. The molecular formula is C14H24N2O2. The third-order valence-corrected chi connectivity index (χ3v) is 3.02. The summed E-state index contributed by atoms with van der Waals surface area (Å²) in [6, 6.07) is 5.95. The maximum Gasteiger partial charge on any atom is 0.142 e.